The van der Waals surface area contributed by atoms with Crippen molar-refractivity contribution in [1.29, 1.82) is 0 Å². The van der Waals surface area contributed by atoms with Crippen LogP contribution in [-0.2, 0) is 6.54 Å². The van der Waals surface area contributed by atoms with Gasteiger partial charge in [0.05, 0.1) is 11.9 Å². The van der Waals surface area contributed by atoms with E-state index in [1.54, 1.807) is 6.20 Å². The first-order chi connectivity index (χ1) is 7.63. The van der Waals surface area contributed by atoms with E-state index in [0.29, 0.717) is 18.2 Å². The monoisotopic (exact) mass is 241 g/mol. The minimum Gasteiger partial charge on any atom is -0.382 e. The minimum atomic E-state index is -0.224. The van der Waals surface area contributed by atoms with E-state index in [1.165, 1.54) is 11.1 Å². The molecule has 0 amide bonds. The van der Waals surface area contributed by atoms with E-state index in [9.17, 15) is 4.79 Å². The molecule has 0 aromatic carbocycles. The number of nitrogens with zero attached hydrogens (tertiary/aromatic N) is 2. The number of rotatable bonds is 4. The highest BCUT2D eigenvalue weighted by Gasteiger charge is 2.32. The van der Waals surface area contributed by atoms with Crippen LogP contribution in [0.5, 0.6) is 0 Å². The highest BCUT2D eigenvalue weighted by Crippen LogP contribution is 2.37. The number of hydrogen-bond acceptors (Lipinski definition) is 3. The molecule has 1 heterocycles. The quantitative estimate of drug-likeness (QED) is 0.877. The second-order valence-corrected chi connectivity index (χ2v) is 4.73. The maximum Gasteiger partial charge on any atom is 0.287 e. The van der Waals surface area contributed by atoms with Gasteiger partial charge in [-0.25, -0.2) is 4.68 Å². The minimum absolute atomic E-state index is 0.224. The molecule has 0 aliphatic heterocycles. The Labute approximate surface area is 99.6 Å². The number of aryl methyl sites for hydroxylation is 1. The summed E-state index contributed by atoms with van der Waals surface area (Å²) in [5.41, 5.74) is 0.425. The molecule has 0 spiro atoms. The van der Waals surface area contributed by atoms with Crippen molar-refractivity contribution in [2.45, 2.75) is 26.8 Å². The van der Waals surface area contributed by atoms with Gasteiger partial charge in [0.1, 0.15) is 5.02 Å². The van der Waals surface area contributed by atoms with Crippen molar-refractivity contribution in [3.63, 3.8) is 0 Å². The highest BCUT2D eigenvalue weighted by molar-refractivity contribution is 6.32. The first-order valence-electron chi connectivity index (χ1n) is 5.63. The van der Waals surface area contributed by atoms with Gasteiger partial charge in [-0.15, -0.1) is 0 Å². The molecule has 1 aliphatic carbocycles. The molecule has 1 fully saturated rings. The normalized spacial score (nSPS) is 23.2. The zero-order chi connectivity index (χ0) is 11.7. The molecule has 2 unspecified atom stereocenters. The van der Waals surface area contributed by atoms with E-state index in [4.69, 9.17) is 11.6 Å². The van der Waals surface area contributed by atoms with Crippen molar-refractivity contribution in [3.8, 4) is 0 Å². The molecule has 1 saturated carbocycles. The zero-order valence-electron chi connectivity index (χ0n) is 9.53. The lowest BCUT2D eigenvalue weighted by Gasteiger charge is -2.08. The van der Waals surface area contributed by atoms with Crippen LogP contribution in [0.15, 0.2) is 11.0 Å². The predicted octanol–water partition coefficient (Wildman–Crippen LogP) is 1.98. The van der Waals surface area contributed by atoms with Gasteiger partial charge in [0.25, 0.3) is 5.56 Å². The second-order valence-electron chi connectivity index (χ2n) is 4.35. The Morgan fingerprint density at radius 1 is 1.69 bits per heavy atom. The van der Waals surface area contributed by atoms with Gasteiger partial charge in [-0.2, -0.15) is 5.10 Å². The Morgan fingerprint density at radius 2 is 2.38 bits per heavy atom. The topological polar surface area (TPSA) is 46.9 Å². The standard InChI is InChI=1S/C11H16ClN3O/c1-3-15-11(16)10(12)9(6-14-15)13-5-8-4-7(8)2/h6-8,13H,3-5H2,1-2H3. The number of anilines is 1. The maximum absolute atomic E-state index is 11.7. The Morgan fingerprint density at radius 3 is 2.94 bits per heavy atom. The lowest BCUT2D eigenvalue weighted by atomic mass is 10.3. The predicted molar refractivity (Wildman–Crippen MR) is 64.9 cm³/mol. The van der Waals surface area contributed by atoms with Crippen molar-refractivity contribution in [2.75, 3.05) is 11.9 Å². The summed E-state index contributed by atoms with van der Waals surface area (Å²) in [4.78, 5) is 11.7. The Kier molecular flexibility index (Phi) is 3.19. The fraction of sp³-hybridized carbons (Fsp3) is 0.636. The highest BCUT2D eigenvalue weighted by atomic mass is 35.5. The van der Waals surface area contributed by atoms with Gasteiger partial charge >= 0.3 is 0 Å². The Balaban J connectivity index is 2.09. The number of halogens is 1. The third kappa shape index (κ3) is 2.21. The Bertz CT molecular complexity index is 443. The summed E-state index contributed by atoms with van der Waals surface area (Å²) in [5, 5.41) is 7.46. The van der Waals surface area contributed by atoms with E-state index in [0.717, 1.165) is 12.5 Å². The van der Waals surface area contributed by atoms with Gasteiger partial charge in [0, 0.05) is 13.1 Å². The molecule has 2 rings (SSSR count). The zero-order valence-corrected chi connectivity index (χ0v) is 10.3. The molecule has 2 atom stereocenters. The average Bonchev–Trinajstić information content (AvgIpc) is 2.97. The van der Waals surface area contributed by atoms with Crippen LogP contribution >= 0.6 is 11.6 Å². The maximum atomic E-state index is 11.7. The third-order valence-corrected chi connectivity index (χ3v) is 3.48. The van der Waals surface area contributed by atoms with Crippen LogP contribution in [0.25, 0.3) is 0 Å². The summed E-state index contributed by atoms with van der Waals surface area (Å²) in [6.07, 6.45) is 2.88. The summed E-state index contributed by atoms with van der Waals surface area (Å²) in [5.74, 6) is 1.50. The third-order valence-electron chi connectivity index (χ3n) is 3.12. The lowest BCUT2D eigenvalue weighted by Crippen LogP contribution is -2.23. The van der Waals surface area contributed by atoms with Gasteiger partial charge in [-0.3, -0.25) is 4.79 Å². The fourth-order valence-electron chi connectivity index (χ4n) is 1.74. The summed E-state index contributed by atoms with van der Waals surface area (Å²) >= 11 is 5.98. The van der Waals surface area contributed by atoms with Crippen LogP contribution in [0.1, 0.15) is 20.3 Å². The molecule has 1 aromatic heterocycles. The first kappa shape index (κ1) is 11.5. The van der Waals surface area contributed by atoms with Gasteiger partial charge < -0.3 is 5.32 Å². The van der Waals surface area contributed by atoms with Crippen LogP contribution in [0.2, 0.25) is 5.02 Å². The van der Waals surface area contributed by atoms with Gasteiger partial charge in [-0.05, 0) is 25.2 Å². The molecule has 4 nitrogen and oxygen atoms in total. The second kappa shape index (κ2) is 4.45. The van der Waals surface area contributed by atoms with E-state index in [2.05, 4.69) is 17.3 Å². The summed E-state index contributed by atoms with van der Waals surface area (Å²) < 4.78 is 1.35. The van der Waals surface area contributed by atoms with Crippen molar-refractivity contribution in [1.82, 2.24) is 9.78 Å². The number of hydrogen-bond donors (Lipinski definition) is 1. The van der Waals surface area contributed by atoms with Crippen molar-refractivity contribution in [2.24, 2.45) is 11.8 Å². The number of aromatic nitrogens is 2. The molecule has 16 heavy (non-hydrogen) atoms. The molecule has 5 heteroatoms. The van der Waals surface area contributed by atoms with Crippen LogP contribution < -0.4 is 10.9 Å². The van der Waals surface area contributed by atoms with Crippen LogP contribution in [0.4, 0.5) is 5.69 Å². The van der Waals surface area contributed by atoms with E-state index < -0.39 is 0 Å². The SMILES string of the molecule is CCn1ncc(NCC2CC2C)c(Cl)c1=O. The van der Waals surface area contributed by atoms with E-state index >= 15 is 0 Å². The van der Waals surface area contributed by atoms with Crippen LogP contribution in [0, 0.1) is 11.8 Å². The number of nitrogens with one attached hydrogen (secondary N) is 1. The molecule has 1 aromatic rings. The van der Waals surface area contributed by atoms with E-state index in [1.807, 2.05) is 6.92 Å². The van der Waals surface area contributed by atoms with Crippen molar-refractivity contribution in [3.05, 3.63) is 21.6 Å². The van der Waals surface area contributed by atoms with Gasteiger partial charge in [0.15, 0.2) is 0 Å². The average molecular weight is 242 g/mol. The van der Waals surface area contributed by atoms with Crippen molar-refractivity contribution >= 4 is 17.3 Å². The molecule has 0 bridgehead atoms. The molecular formula is C11H16ClN3O. The van der Waals surface area contributed by atoms with Crippen LogP contribution in [-0.4, -0.2) is 16.3 Å². The summed E-state index contributed by atoms with van der Waals surface area (Å²) in [6.45, 7) is 5.50. The summed E-state index contributed by atoms with van der Waals surface area (Å²) in [6, 6.07) is 0. The molecule has 1 N–H and O–H groups in total. The molecule has 0 saturated heterocycles. The van der Waals surface area contributed by atoms with E-state index in [-0.39, 0.29) is 10.6 Å². The van der Waals surface area contributed by atoms with Gasteiger partial charge in [0.2, 0.25) is 0 Å². The largest absolute Gasteiger partial charge is 0.382 e. The molecule has 0 radical (unpaired) electrons. The van der Waals surface area contributed by atoms with Crippen LogP contribution in [0.3, 0.4) is 0 Å². The first-order valence-corrected chi connectivity index (χ1v) is 6.00. The van der Waals surface area contributed by atoms with Crippen molar-refractivity contribution < 1.29 is 0 Å². The molecule has 1 aliphatic rings. The fourth-order valence-corrected chi connectivity index (χ4v) is 1.95. The smallest absolute Gasteiger partial charge is 0.287 e. The lowest BCUT2D eigenvalue weighted by molar-refractivity contribution is 0.616. The Hall–Kier alpha value is -1.03. The molecular weight excluding hydrogens is 226 g/mol. The molecule has 88 valence electrons. The summed E-state index contributed by atoms with van der Waals surface area (Å²) in [7, 11) is 0. The van der Waals surface area contributed by atoms with Gasteiger partial charge in [-0.1, -0.05) is 18.5 Å².